The molecule has 7 nitrogen and oxygen atoms in total. The monoisotopic (exact) mass is 410 g/mol. The first-order chi connectivity index (χ1) is 14.4. The molecule has 0 saturated carbocycles. The zero-order chi connectivity index (χ0) is 21.7. The molecule has 1 aliphatic heterocycles. The van der Waals surface area contributed by atoms with Crippen molar-refractivity contribution in [1.82, 2.24) is 0 Å². The number of esters is 1. The van der Waals surface area contributed by atoms with Crippen LogP contribution in [0.25, 0.3) is 0 Å². The fraction of sp³-hybridized carbons (Fsp3) is 0.391. The van der Waals surface area contributed by atoms with Gasteiger partial charge in [-0.15, -0.1) is 0 Å². The van der Waals surface area contributed by atoms with Gasteiger partial charge in [0.15, 0.2) is 12.4 Å². The van der Waals surface area contributed by atoms with Gasteiger partial charge in [0.1, 0.15) is 5.69 Å². The number of carbonyl (C=O) groups excluding carboxylic acids is 2. The van der Waals surface area contributed by atoms with Gasteiger partial charge >= 0.3 is 5.97 Å². The number of carbonyl (C=O) groups is 2. The smallest absolute Gasteiger partial charge is 0.338 e. The Morgan fingerprint density at radius 3 is 2.27 bits per heavy atom. The molecular formula is C23H26N2O5. The number of aryl methyl sites for hydroxylation is 2. The quantitative estimate of drug-likeness (QED) is 0.298. The summed E-state index contributed by atoms with van der Waals surface area (Å²) in [7, 11) is 0. The number of anilines is 1. The summed E-state index contributed by atoms with van der Waals surface area (Å²) in [6.07, 6.45) is 4.20. The number of nitrogens with zero attached hydrogens (tertiary/aromatic N) is 2. The SMILES string of the molecule is Cc1ccc(C(=O)COC(=O)c2ccc(N3CCCCCC3)c([N+](=O)[O-])c2)cc1C. The van der Waals surface area contributed by atoms with E-state index in [1.807, 2.05) is 24.8 Å². The Morgan fingerprint density at radius 2 is 1.63 bits per heavy atom. The number of hydrogen-bond donors (Lipinski definition) is 0. The van der Waals surface area contributed by atoms with Crippen LogP contribution >= 0.6 is 0 Å². The van der Waals surface area contributed by atoms with E-state index in [0.29, 0.717) is 11.3 Å². The highest BCUT2D eigenvalue weighted by Crippen LogP contribution is 2.31. The zero-order valence-corrected chi connectivity index (χ0v) is 17.3. The summed E-state index contributed by atoms with van der Waals surface area (Å²) in [6.45, 7) is 4.96. The molecule has 0 unspecified atom stereocenters. The molecule has 0 spiro atoms. The van der Waals surface area contributed by atoms with Crippen LogP contribution in [-0.4, -0.2) is 36.4 Å². The van der Waals surface area contributed by atoms with Crippen LogP contribution in [0.15, 0.2) is 36.4 Å². The molecule has 0 bridgehead atoms. The fourth-order valence-corrected chi connectivity index (χ4v) is 3.59. The molecule has 0 aromatic heterocycles. The number of Topliss-reactive ketones (excluding diaryl/α,β-unsaturated/α-hetero) is 1. The van der Waals surface area contributed by atoms with Gasteiger partial charge in [-0.3, -0.25) is 14.9 Å². The molecule has 1 aliphatic rings. The second-order valence-electron chi connectivity index (χ2n) is 7.66. The second-order valence-corrected chi connectivity index (χ2v) is 7.66. The molecule has 1 saturated heterocycles. The van der Waals surface area contributed by atoms with Crippen molar-refractivity contribution < 1.29 is 19.2 Å². The molecule has 0 amide bonds. The van der Waals surface area contributed by atoms with Gasteiger partial charge in [-0.25, -0.2) is 4.79 Å². The molecule has 7 heteroatoms. The van der Waals surface area contributed by atoms with Crippen LogP contribution < -0.4 is 4.90 Å². The van der Waals surface area contributed by atoms with E-state index in [-0.39, 0.29) is 17.0 Å². The zero-order valence-electron chi connectivity index (χ0n) is 17.3. The Bertz CT molecular complexity index is 962. The summed E-state index contributed by atoms with van der Waals surface area (Å²) in [5.74, 6) is -1.07. The average molecular weight is 410 g/mol. The molecule has 0 radical (unpaired) electrons. The summed E-state index contributed by atoms with van der Waals surface area (Å²) < 4.78 is 5.13. The first-order valence-electron chi connectivity index (χ1n) is 10.2. The van der Waals surface area contributed by atoms with Crippen molar-refractivity contribution in [1.29, 1.82) is 0 Å². The maximum Gasteiger partial charge on any atom is 0.338 e. The van der Waals surface area contributed by atoms with Crippen molar-refractivity contribution in [2.75, 3.05) is 24.6 Å². The highest BCUT2D eigenvalue weighted by molar-refractivity contribution is 5.99. The lowest BCUT2D eigenvalue weighted by molar-refractivity contribution is -0.384. The van der Waals surface area contributed by atoms with Crippen LogP contribution in [0.1, 0.15) is 57.5 Å². The van der Waals surface area contributed by atoms with E-state index in [9.17, 15) is 19.7 Å². The lowest BCUT2D eigenvalue weighted by Crippen LogP contribution is -2.25. The molecule has 1 fully saturated rings. The van der Waals surface area contributed by atoms with Crippen LogP contribution in [0.3, 0.4) is 0 Å². The van der Waals surface area contributed by atoms with Crippen molar-refractivity contribution in [3.63, 3.8) is 0 Å². The number of benzene rings is 2. The topological polar surface area (TPSA) is 89.8 Å². The van der Waals surface area contributed by atoms with Gasteiger partial charge < -0.3 is 9.64 Å². The van der Waals surface area contributed by atoms with Crippen molar-refractivity contribution in [2.45, 2.75) is 39.5 Å². The van der Waals surface area contributed by atoms with E-state index in [4.69, 9.17) is 4.74 Å². The predicted molar refractivity (Wildman–Crippen MR) is 114 cm³/mol. The van der Waals surface area contributed by atoms with Crippen molar-refractivity contribution >= 4 is 23.1 Å². The van der Waals surface area contributed by atoms with Gasteiger partial charge in [0, 0.05) is 24.7 Å². The van der Waals surface area contributed by atoms with E-state index in [0.717, 1.165) is 49.9 Å². The third kappa shape index (κ3) is 5.03. The normalized spacial score (nSPS) is 14.1. The largest absolute Gasteiger partial charge is 0.454 e. The van der Waals surface area contributed by atoms with Gasteiger partial charge in [0.25, 0.3) is 5.69 Å². The number of ether oxygens (including phenoxy) is 1. The summed E-state index contributed by atoms with van der Waals surface area (Å²) >= 11 is 0. The fourth-order valence-electron chi connectivity index (χ4n) is 3.59. The molecule has 30 heavy (non-hydrogen) atoms. The number of rotatable bonds is 6. The van der Waals surface area contributed by atoms with E-state index in [2.05, 4.69) is 0 Å². The Labute approximate surface area is 175 Å². The molecule has 3 rings (SSSR count). The van der Waals surface area contributed by atoms with E-state index in [1.54, 1.807) is 18.2 Å². The summed E-state index contributed by atoms with van der Waals surface area (Å²) in [4.78, 5) is 37.9. The van der Waals surface area contributed by atoms with Gasteiger partial charge in [-0.05, 0) is 56.0 Å². The summed E-state index contributed by atoms with van der Waals surface area (Å²) in [6, 6.07) is 9.66. The Kier molecular flexibility index (Phi) is 6.82. The molecular weight excluding hydrogens is 384 g/mol. The van der Waals surface area contributed by atoms with Crippen LogP contribution in [-0.2, 0) is 4.74 Å². The average Bonchev–Trinajstić information content (AvgIpc) is 3.02. The maximum atomic E-state index is 12.4. The first-order valence-corrected chi connectivity index (χ1v) is 10.2. The molecule has 158 valence electrons. The van der Waals surface area contributed by atoms with E-state index >= 15 is 0 Å². The van der Waals surface area contributed by atoms with Gasteiger partial charge in [-0.2, -0.15) is 0 Å². The van der Waals surface area contributed by atoms with Crippen molar-refractivity contribution in [2.24, 2.45) is 0 Å². The van der Waals surface area contributed by atoms with Crippen LogP contribution in [0.5, 0.6) is 0 Å². The molecule has 0 aliphatic carbocycles. The van der Waals surface area contributed by atoms with Gasteiger partial charge in [0.2, 0.25) is 0 Å². The number of nitro groups is 1. The summed E-state index contributed by atoms with van der Waals surface area (Å²) in [5, 5.41) is 11.6. The maximum absolute atomic E-state index is 12.4. The Morgan fingerprint density at radius 1 is 0.967 bits per heavy atom. The van der Waals surface area contributed by atoms with E-state index in [1.165, 1.54) is 12.1 Å². The number of ketones is 1. The molecule has 0 atom stereocenters. The lowest BCUT2D eigenvalue weighted by atomic mass is 10.0. The highest BCUT2D eigenvalue weighted by Gasteiger charge is 2.23. The Balaban J connectivity index is 1.72. The number of hydrogen-bond acceptors (Lipinski definition) is 6. The molecule has 1 heterocycles. The first kappa shape index (κ1) is 21.5. The predicted octanol–water partition coefficient (Wildman–Crippen LogP) is 4.63. The minimum atomic E-state index is -0.752. The molecule has 2 aromatic rings. The second kappa shape index (κ2) is 9.52. The van der Waals surface area contributed by atoms with Gasteiger partial charge in [0.05, 0.1) is 10.5 Å². The third-order valence-electron chi connectivity index (χ3n) is 5.52. The summed E-state index contributed by atoms with van der Waals surface area (Å²) in [5.41, 5.74) is 2.98. The minimum Gasteiger partial charge on any atom is -0.454 e. The van der Waals surface area contributed by atoms with Gasteiger partial charge in [-0.1, -0.05) is 25.0 Å². The highest BCUT2D eigenvalue weighted by atomic mass is 16.6. The minimum absolute atomic E-state index is 0.0631. The molecule has 0 N–H and O–H groups in total. The lowest BCUT2D eigenvalue weighted by Gasteiger charge is -2.22. The van der Waals surface area contributed by atoms with Crippen molar-refractivity contribution in [3.8, 4) is 0 Å². The Hall–Kier alpha value is -3.22. The van der Waals surface area contributed by atoms with Crippen LogP contribution in [0.4, 0.5) is 11.4 Å². The van der Waals surface area contributed by atoms with Crippen LogP contribution in [0.2, 0.25) is 0 Å². The molecule has 2 aromatic carbocycles. The van der Waals surface area contributed by atoms with Crippen molar-refractivity contribution in [3.05, 3.63) is 68.8 Å². The third-order valence-corrected chi connectivity index (χ3v) is 5.52. The number of nitro benzene ring substituents is 1. The van der Waals surface area contributed by atoms with Crippen LogP contribution in [0, 0.1) is 24.0 Å². The standard InChI is InChI=1S/C23H26N2O5/c1-16-7-8-18(13-17(16)2)22(26)15-30-23(27)19-9-10-20(21(14-19)25(28)29)24-11-5-3-4-6-12-24/h7-10,13-14H,3-6,11-12,15H2,1-2H3. The van der Waals surface area contributed by atoms with E-state index < -0.39 is 17.5 Å².